The highest BCUT2D eigenvalue weighted by Gasteiger charge is 2.27. The van der Waals surface area contributed by atoms with Crippen molar-refractivity contribution >= 4 is 27.5 Å². The first-order valence-corrected chi connectivity index (χ1v) is 12.6. The van der Waals surface area contributed by atoms with Gasteiger partial charge in [0.1, 0.15) is 16.5 Å². The fourth-order valence-electron chi connectivity index (χ4n) is 3.30. The van der Waals surface area contributed by atoms with Crippen molar-refractivity contribution in [3.8, 4) is 5.75 Å². The van der Waals surface area contributed by atoms with E-state index in [0.717, 1.165) is 31.5 Å². The van der Waals surface area contributed by atoms with Gasteiger partial charge in [-0.05, 0) is 61.5 Å². The quantitative estimate of drug-likeness (QED) is 0.450. The van der Waals surface area contributed by atoms with E-state index in [2.05, 4.69) is 10.6 Å². The summed E-state index contributed by atoms with van der Waals surface area (Å²) in [5.41, 5.74) is 0.423. The van der Waals surface area contributed by atoms with Gasteiger partial charge < -0.3 is 15.4 Å². The number of ether oxygens (including phenoxy) is 1. The van der Waals surface area contributed by atoms with Crippen LogP contribution in [0.4, 0.5) is 4.39 Å². The Kier molecular flexibility index (Phi) is 7.74. The van der Waals surface area contributed by atoms with Gasteiger partial charge in [0.25, 0.3) is 0 Å². The monoisotopic (exact) mass is 452 g/mol. The molecular weight excluding hydrogens is 427 g/mol. The highest BCUT2D eigenvalue weighted by molar-refractivity contribution is 7.98. The largest absolute Gasteiger partial charge is 0.491 e. The average Bonchev–Trinajstić information content (AvgIpc) is 3.27. The molecule has 0 aromatic heterocycles. The molecule has 6 nitrogen and oxygen atoms in total. The van der Waals surface area contributed by atoms with Crippen molar-refractivity contribution in [2.24, 2.45) is 0 Å². The molecule has 3 rings (SSSR count). The number of halogens is 1. The maximum absolute atomic E-state index is 13.4. The molecule has 1 saturated heterocycles. The second-order valence-electron chi connectivity index (χ2n) is 6.91. The van der Waals surface area contributed by atoms with Gasteiger partial charge >= 0.3 is 0 Å². The lowest BCUT2D eigenvalue weighted by Crippen LogP contribution is -2.40. The van der Waals surface area contributed by atoms with Crippen LogP contribution in [0.2, 0.25) is 0 Å². The number of amides is 1. The van der Waals surface area contributed by atoms with E-state index >= 15 is 0 Å². The molecule has 1 atom stereocenters. The zero-order chi connectivity index (χ0) is 21.6. The Morgan fingerprint density at radius 2 is 2.03 bits per heavy atom. The number of hydrogen-bond donors (Lipinski definition) is 2. The lowest BCUT2D eigenvalue weighted by Gasteiger charge is -2.17. The van der Waals surface area contributed by atoms with Crippen LogP contribution >= 0.6 is 11.8 Å². The van der Waals surface area contributed by atoms with Crippen LogP contribution in [0.25, 0.3) is 0 Å². The van der Waals surface area contributed by atoms with Crippen molar-refractivity contribution in [2.75, 3.05) is 25.2 Å². The molecule has 0 unspecified atom stereocenters. The molecule has 30 heavy (non-hydrogen) atoms. The van der Waals surface area contributed by atoms with Crippen molar-refractivity contribution in [1.29, 1.82) is 0 Å². The normalized spacial score (nSPS) is 16.4. The lowest BCUT2D eigenvalue weighted by molar-refractivity contribution is -0.122. The van der Waals surface area contributed by atoms with Crippen LogP contribution in [0.5, 0.6) is 5.75 Å². The predicted octanol–water partition coefficient (Wildman–Crippen LogP) is 2.77. The summed E-state index contributed by atoms with van der Waals surface area (Å²) >= 11 is 1.58. The first-order valence-electron chi connectivity index (χ1n) is 9.69. The Bertz CT molecular complexity index is 975. The molecule has 0 bridgehead atoms. The number of benzene rings is 2. The molecule has 0 aliphatic carbocycles. The van der Waals surface area contributed by atoms with Crippen LogP contribution in [0.1, 0.15) is 18.4 Å². The summed E-state index contributed by atoms with van der Waals surface area (Å²) in [5.74, 6) is 0.241. The zero-order valence-corrected chi connectivity index (χ0v) is 18.3. The molecule has 2 N–H and O–H groups in total. The van der Waals surface area contributed by atoms with Crippen molar-refractivity contribution in [3.63, 3.8) is 0 Å². The molecule has 2 aromatic rings. The first kappa shape index (κ1) is 22.6. The summed E-state index contributed by atoms with van der Waals surface area (Å²) in [5, 5.41) is 5.94. The average molecular weight is 453 g/mol. The van der Waals surface area contributed by atoms with E-state index in [1.54, 1.807) is 30.0 Å². The Labute approximate surface area is 180 Å². The summed E-state index contributed by atoms with van der Waals surface area (Å²) in [4.78, 5) is 12.3. The molecule has 1 amide bonds. The first-order chi connectivity index (χ1) is 14.4. The summed E-state index contributed by atoms with van der Waals surface area (Å²) in [6.45, 7) is 1.18. The van der Waals surface area contributed by atoms with Crippen molar-refractivity contribution < 1.29 is 22.3 Å². The molecule has 0 radical (unpaired) electrons. The van der Waals surface area contributed by atoms with Gasteiger partial charge in [0.2, 0.25) is 15.7 Å². The molecule has 9 heteroatoms. The maximum Gasteiger partial charge on any atom is 0.237 e. The third-order valence-corrected chi connectivity index (χ3v) is 7.30. The molecule has 162 valence electrons. The van der Waals surface area contributed by atoms with Crippen LogP contribution in [0.3, 0.4) is 0 Å². The number of carbonyl (C=O) groups is 1. The highest BCUT2D eigenvalue weighted by atomic mass is 32.2. The van der Waals surface area contributed by atoms with E-state index in [9.17, 15) is 17.6 Å². The molecule has 0 saturated carbocycles. The Morgan fingerprint density at radius 3 is 2.70 bits per heavy atom. The molecule has 1 aliphatic rings. The van der Waals surface area contributed by atoms with Gasteiger partial charge in [0, 0.05) is 12.3 Å². The molecule has 0 spiro atoms. The van der Waals surface area contributed by atoms with Crippen LogP contribution in [-0.4, -0.2) is 45.5 Å². The topological polar surface area (TPSA) is 84.5 Å². The van der Waals surface area contributed by atoms with Gasteiger partial charge in [0.05, 0.1) is 17.5 Å². The van der Waals surface area contributed by atoms with Gasteiger partial charge in [-0.1, -0.05) is 12.1 Å². The molecule has 1 heterocycles. The van der Waals surface area contributed by atoms with Gasteiger partial charge in [-0.25, -0.2) is 12.8 Å². The number of thioether (sulfide) groups is 1. The summed E-state index contributed by atoms with van der Waals surface area (Å²) in [7, 11) is -3.99. The van der Waals surface area contributed by atoms with Crippen LogP contribution < -0.4 is 15.4 Å². The number of carbonyl (C=O) groups excluding carboxylic acids is 1. The summed E-state index contributed by atoms with van der Waals surface area (Å²) < 4.78 is 45.9. The predicted molar refractivity (Wildman–Crippen MR) is 115 cm³/mol. The minimum atomic E-state index is -3.99. The van der Waals surface area contributed by atoms with Crippen molar-refractivity contribution in [2.45, 2.75) is 35.2 Å². The summed E-state index contributed by atoms with van der Waals surface area (Å²) in [6, 6.07) is 9.37. The molecular formula is C21H25FN2O4S2. The standard InChI is InChI=1S/C21H25FN2O4S2/c1-29-13-12-28-19-6-2-4-15(14-24-21(25)18-5-3-11-23-18)20(19)30(26,27)17-9-7-16(22)8-10-17/h2,4,6-10,18,23H,3,5,11-14H2,1H3,(H,24,25)/t18-/m0/s1. The number of nitrogens with one attached hydrogen (secondary N) is 2. The summed E-state index contributed by atoms with van der Waals surface area (Å²) in [6.07, 6.45) is 3.62. The number of hydrogen-bond acceptors (Lipinski definition) is 6. The van der Waals surface area contributed by atoms with E-state index in [1.165, 1.54) is 12.1 Å². The number of sulfone groups is 1. The second-order valence-corrected chi connectivity index (χ2v) is 9.78. The van der Waals surface area contributed by atoms with E-state index < -0.39 is 15.7 Å². The maximum atomic E-state index is 13.4. The van der Waals surface area contributed by atoms with Gasteiger partial charge in [-0.15, -0.1) is 0 Å². The van der Waals surface area contributed by atoms with E-state index in [1.807, 2.05) is 6.26 Å². The van der Waals surface area contributed by atoms with Crippen LogP contribution in [0.15, 0.2) is 52.3 Å². The van der Waals surface area contributed by atoms with E-state index in [-0.39, 0.29) is 34.0 Å². The minimum Gasteiger partial charge on any atom is -0.491 e. The second kappa shape index (κ2) is 10.3. The van der Waals surface area contributed by atoms with E-state index in [0.29, 0.717) is 17.9 Å². The fourth-order valence-corrected chi connectivity index (χ4v) is 5.16. The van der Waals surface area contributed by atoms with E-state index in [4.69, 9.17) is 4.74 Å². The zero-order valence-electron chi connectivity index (χ0n) is 16.7. The smallest absolute Gasteiger partial charge is 0.237 e. The third kappa shape index (κ3) is 5.33. The van der Waals surface area contributed by atoms with Crippen molar-refractivity contribution in [3.05, 3.63) is 53.8 Å². The SMILES string of the molecule is CSCCOc1cccc(CNC(=O)[C@@H]2CCCN2)c1S(=O)(=O)c1ccc(F)cc1. The van der Waals surface area contributed by atoms with Crippen molar-refractivity contribution in [1.82, 2.24) is 10.6 Å². The molecule has 1 fully saturated rings. The van der Waals surface area contributed by atoms with Gasteiger partial charge in [-0.2, -0.15) is 11.8 Å². The number of rotatable bonds is 9. The molecule has 2 aromatic carbocycles. The van der Waals surface area contributed by atoms with Crippen LogP contribution in [0, 0.1) is 5.82 Å². The Balaban J connectivity index is 1.94. The van der Waals surface area contributed by atoms with Crippen LogP contribution in [-0.2, 0) is 21.2 Å². The Morgan fingerprint density at radius 1 is 1.27 bits per heavy atom. The van der Waals surface area contributed by atoms with Gasteiger partial charge in [-0.3, -0.25) is 4.79 Å². The van der Waals surface area contributed by atoms with Gasteiger partial charge in [0.15, 0.2) is 0 Å². The lowest BCUT2D eigenvalue weighted by atomic mass is 10.2. The fraction of sp³-hybridized carbons (Fsp3) is 0.381. The Hall–Kier alpha value is -2.10. The third-order valence-electron chi connectivity index (χ3n) is 4.83. The highest BCUT2D eigenvalue weighted by Crippen LogP contribution is 2.33. The minimum absolute atomic E-state index is 0.00241. The molecule has 1 aliphatic heterocycles.